The molecule has 0 aromatic rings. The fraction of sp³-hybridized carbons (Fsp3) is 0.500. The summed E-state index contributed by atoms with van der Waals surface area (Å²) >= 11 is 0. The minimum atomic E-state index is -0.305. The second-order valence-corrected chi connectivity index (χ2v) is 3.68. The fourth-order valence-corrected chi connectivity index (χ4v) is 1.16. The fourth-order valence-electron chi connectivity index (χ4n) is 1.16. The molecule has 0 aromatic carbocycles. The van der Waals surface area contributed by atoms with Crippen LogP contribution in [0.4, 0.5) is 0 Å². The van der Waals surface area contributed by atoms with Gasteiger partial charge in [0.1, 0.15) is 0 Å². The first-order valence-electron chi connectivity index (χ1n) is 5.82. The molecule has 0 fully saturated rings. The van der Waals surface area contributed by atoms with E-state index in [-0.39, 0.29) is 5.97 Å². The molecule has 0 bridgehead atoms. The van der Waals surface area contributed by atoms with Gasteiger partial charge in [0.25, 0.3) is 0 Å². The van der Waals surface area contributed by atoms with Crippen molar-refractivity contribution in [2.75, 3.05) is 6.61 Å². The van der Waals surface area contributed by atoms with Crippen molar-refractivity contribution in [3.63, 3.8) is 0 Å². The Bertz CT molecular complexity index is 285. The number of allylic oxidation sites excluding steroid dienone is 4. The first-order chi connectivity index (χ1) is 7.61. The van der Waals surface area contributed by atoms with Gasteiger partial charge in [0.05, 0.1) is 6.61 Å². The van der Waals surface area contributed by atoms with E-state index in [9.17, 15) is 4.79 Å². The first-order valence-corrected chi connectivity index (χ1v) is 5.82. The van der Waals surface area contributed by atoms with E-state index in [0.29, 0.717) is 6.61 Å². The van der Waals surface area contributed by atoms with Gasteiger partial charge in [-0.05, 0) is 25.8 Å². The smallest absolute Gasteiger partial charge is 0.331 e. The van der Waals surface area contributed by atoms with Gasteiger partial charge in [0.15, 0.2) is 0 Å². The number of esters is 1. The first kappa shape index (κ1) is 14.7. The van der Waals surface area contributed by atoms with E-state index in [1.54, 1.807) is 6.92 Å². The summed E-state index contributed by atoms with van der Waals surface area (Å²) in [6, 6.07) is 0. The van der Waals surface area contributed by atoms with Gasteiger partial charge in [-0.2, -0.15) is 0 Å². The van der Waals surface area contributed by atoms with Crippen LogP contribution in [0.2, 0.25) is 0 Å². The highest BCUT2D eigenvalue weighted by Crippen LogP contribution is 2.10. The molecule has 0 aliphatic rings. The van der Waals surface area contributed by atoms with E-state index < -0.39 is 0 Å². The van der Waals surface area contributed by atoms with Crippen molar-refractivity contribution in [3.05, 3.63) is 36.0 Å². The number of ether oxygens (including phenoxy) is 1. The topological polar surface area (TPSA) is 26.3 Å². The standard InChI is InChI=1S/C14H22O2/c1-5-7-8-9-10-13(12(3)4)11-14(15)16-6-2/h9-11H,3,5-8H2,1-2,4H3/b10-9+,13-11-. The Kier molecular flexibility index (Phi) is 8.22. The predicted molar refractivity (Wildman–Crippen MR) is 68.2 cm³/mol. The lowest BCUT2D eigenvalue weighted by molar-refractivity contribution is -0.137. The van der Waals surface area contributed by atoms with E-state index in [2.05, 4.69) is 19.6 Å². The van der Waals surface area contributed by atoms with Crippen molar-refractivity contribution in [1.82, 2.24) is 0 Å². The predicted octanol–water partition coefficient (Wildman–Crippen LogP) is 3.80. The second kappa shape index (κ2) is 8.96. The van der Waals surface area contributed by atoms with Crippen LogP contribution in [-0.4, -0.2) is 12.6 Å². The summed E-state index contributed by atoms with van der Waals surface area (Å²) in [5.41, 5.74) is 1.72. The molecule has 0 rings (SSSR count). The zero-order valence-electron chi connectivity index (χ0n) is 10.6. The van der Waals surface area contributed by atoms with Crippen LogP contribution in [0.5, 0.6) is 0 Å². The third kappa shape index (κ3) is 7.04. The summed E-state index contributed by atoms with van der Waals surface area (Å²) in [6.45, 7) is 10.1. The molecule has 0 aliphatic carbocycles. The molecule has 2 heteroatoms. The normalized spacial score (nSPS) is 11.8. The van der Waals surface area contributed by atoms with Crippen LogP contribution in [0.25, 0.3) is 0 Å². The molecule has 0 radical (unpaired) electrons. The molecule has 0 amide bonds. The van der Waals surface area contributed by atoms with Crippen LogP contribution in [0.15, 0.2) is 36.0 Å². The molecule has 0 atom stereocenters. The Morgan fingerprint density at radius 1 is 1.38 bits per heavy atom. The maximum Gasteiger partial charge on any atom is 0.331 e. The lowest BCUT2D eigenvalue weighted by atomic mass is 10.1. The second-order valence-electron chi connectivity index (χ2n) is 3.68. The van der Waals surface area contributed by atoms with Crippen molar-refractivity contribution in [1.29, 1.82) is 0 Å². The van der Waals surface area contributed by atoms with E-state index in [4.69, 9.17) is 4.74 Å². The summed E-state index contributed by atoms with van der Waals surface area (Å²) in [4.78, 5) is 11.3. The Morgan fingerprint density at radius 3 is 2.56 bits per heavy atom. The van der Waals surface area contributed by atoms with Gasteiger partial charge >= 0.3 is 5.97 Å². The average Bonchev–Trinajstić information content (AvgIpc) is 2.22. The van der Waals surface area contributed by atoms with Crippen LogP contribution in [0, 0.1) is 0 Å². The third-order valence-electron chi connectivity index (χ3n) is 2.07. The van der Waals surface area contributed by atoms with Gasteiger partial charge in [0.2, 0.25) is 0 Å². The van der Waals surface area contributed by atoms with E-state index in [1.165, 1.54) is 18.9 Å². The van der Waals surface area contributed by atoms with Crippen molar-refractivity contribution < 1.29 is 9.53 Å². The zero-order chi connectivity index (χ0) is 12.4. The summed E-state index contributed by atoms with van der Waals surface area (Å²) in [7, 11) is 0. The quantitative estimate of drug-likeness (QED) is 0.283. The van der Waals surface area contributed by atoms with Gasteiger partial charge in [-0.3, -0.25) is 0 Å². The van der Waals surface area contributed by atoms with E-state index >= 15 is 0 Å². The van der Waals surface area contributed by atoms with E-state index in [1.807, 2.05) is 13.0 Å². The van der Waals surface area contributed by atoms with Gasteiger partial charge in [-0.1, -0.05) is 44.1 Å². The van der Waals surface area contributed by atoms with Gasteiger partial charge in [-0.25, -0.2) is 4.79 Å². The SMILES string of the molecule is C=C(C)C(=C\C(=O)OCC)/C=C/CCCC. The number of unbranched alkanes of at least 4 members (excludes halogenated alkanes) is 2. The highest BCUT2D eigenvalue weighted by atomic mass is 16.5. The molecule has 0 saturated carbocycles. The van der Waals surface area contributed by atoms with Crippen LogP contribution in [0.3, 0.4) is 0 Å². The van der Waals surface area contributed by atoms with Crippen molar-refractivity contribution in [2.24, 2.45) is 0 Å². The summed E-state index contributed by atoms with van der Waals surface area (Å²) in [5, 5.41) is 0. The van der Waals surface area contributed by atoms with Crippen LogP contribution >= 0.6 is 0 Å². The van der Waals surface area contributed by atoms with Crippen molar-refractivity contribution in [3.8, 4) is 0 Å². The van der Waals surface area contributed by atoms with Gasteiger partial charge in [-0.15, -0.1) is 0 Å². The summed E-state index contributed by atoms with van der Waals surface area (Å²) in [5.74, 6) is -0.305. The van der Waals surface area contributed by atoms with E-state index in [0.717, 1.165) is 17.6 Å². The Morgan fingerprint density at radius 2 is 2.06 bits per heavy atom. The van der Waals surface area contributed by atoms with Crippen LogP contribution < -0.4 is 0 Å². The number of hydrogen-bond donors (Lipinski definition) is 0. The highest BCUT2D eigenvalue weighted by molar-refractivity contribution is 5.84. The van der Waals surface area contributed by atoms with Crippen molar-refractivity contribution >= 4 is 5.97 Å². The largest absolute Gasteiger partial charge is 0.463 e. The molecule has 0 saturated heterocycles. The van der Waals surface area contributed by atoms with Gasteiger partial charge in [0, 0.05) is 6.08 Å². The van der Waals surface area contributed by atoms with Crippen LogP contribution in [-0.2, 0) is 9.53 Å². The highest BCUT2D eigenvalue weighted by Gasteiger charge is 1.99. The maximum atomic E-state index is 11.3. The molecule has 2 nitrogen and oxygen atoms in total. The Balaban J connectivity index is 4.43. The third-order valence-corrected chi connectivity index (χ3v) is 2.07. The molecule has 0 heterocycles. The number of hydrogen-bond acceptors (Lipinski definition) is 2. The minimum Gasteiger partial charge on any atom is -0.463 e. The molecule has 90 valence electrons. The number of carbonyl (C=O) groups is 1. The minimum absolute atomic E-state index is 0.305. The monoisotopic (exact) mass is 222 g/mol. The molecule has 0 spiro atoms. The molecule has 0 aromatic heterocycles. The van der Waals surface area contributed by atoms with Crippen LogP contribution in [0.1, 0.15) is 40.0 Å². The summed E-state index contributed by atoms with van der Waals surface area (Å²) in [6.07, 6.45) is 8.88. The lowest BCUT2D eigenvalue weighted by Gasteiger charge is -2.01. The average molecular weight is 222 g/mol. The maximum absolute atomic E-state index is 11.3. The molecule has 0 unspecified atom stereocenters. The van der Waals surface area contributed by atoms with Gasteiger partial charge < -0.3 is 4.74 Å². The number of rotatable bonds is 7. The Labute approximate surface area is 98.7 Å². The lowest BCUT2D eigenvalue weighted by Crippen LogP contribution is -2.00. The molecular weight excluding hydrogens is 200 g/mol. The Hall–Kier alpha value is -1.31. The summed E-state index contributed by atoms with van der Waals surface area (Å²) < 4.78 is 4.86. The number of carbonyl (C=O) groups excluding carboxylic acids is 1. The molecule has 16 heavy (non-hydrogen) atoms. The molecular formula is C14H22O2. The molecule has 0 aliphatic heterocycles. The zero-order valence-corrected chi connectivity index (χ0v) is 10.6. The molecule has 0 N–H and O–H groups in total. The van der Waals surface area contributed by atoms with Crippen molar-refractivity contribution in [2.45, 2.75) is 40.0 Å².